The number of methoxy groups -OCH3 is 1. The molecule has 1 saturated heterocycles. The van der Waals surface area contributed by atoms with Crippen molar-refractivity contribution in [3.05, 3.63) is 36.7 Å². The molecule has 1 N–H and O–H groups in total. The molecule has 0 saturated carbocycles. The van der Waals surface area contributed by atoms with Crippen LogP contribution in [0.15, 0.2) is 36.7 Å². The number of rotatable bonds is 4. The number of benzene rings is 1. The maximum absolute atomic E-state index is 11.9. The number of carbonyl (C=O) groups excluding carboxylic acids is 1. The summed E-state index contributed by atoms with van der Waals surface area (Å²) in [6.07, 6.45) is 3.33. The molecule has 2 aromatic heterocycles. The SMILES string of the molecule is CNC(=O)C1CCN(c2ncnc3cc(-c4ccc(OC)cc4)sc23)CC1. The Balaban J connectivity index is 1.61. The van der Waals surface area contributed by atoms with E-state index in [4.69, 9.17) is 4.74 Å². The van der Waals surface area contributed by atoms with E-state index in [-0.39, 0.29) is 11.8 Å². The Morgan fingerprint density at radius 1 is 1.22 bits per heavy atom. The van der Waals surface area contributed by atoms with Crippen molar-refractivity contribution in [3.63, 3.8) is 0 Å². The lowest BCUT2D eigenvalue weighted by atomic mass is 9.96. The first-order chi connectivity index (χ1) is 13.2. The van der Waals surface area contributed by atoms with Gasteiger partial charge in [0, 0.05) is 30.9 Å². The summed E-state index contributed by atoms with van der Waals surface area (Å²) in [7, 11) is 3.37. The molecule has 4 rings (SSSR count). The molecule has 3 heterocycles. The average Bonchev–Trinajstić information content (AvgIpc) is 3.18. The van der Waals surface area contributed by atoms with Gasteiger partial charge in [-0.25, -0.2) is 9.97 Å². The number of fused-ring (bicyclic) bond motifs is 1. The molecule has 1 aliphatic rings. The minimum atomic E-state index is 0.0989. The molecule has 0 atom stereocenters. The lowest BCUT2D eigenvalue weighted by Gasteiger charge is -2.32. The predicted octanol–water partition coefficient (Wildman–Crippen LogP) is 3.33. The van der Waals surface area contributed by atoms with Crippen molar-refractivity contribution in [2.24, 2.45) is 5.92 Å². The van der Waals surface area contributed by atoms with Gasteiger partial charge in [0.25, 0.3) is 0 Å². The van der Waals surface area contributed by atoms with E-state index in [1.807, 2.05) is 12.1 Å². The van der Waals surface area contributed by atoms with Crippen molar-refractivity contribution in [1.82, 2.24) is 15.3 Å². The summed E-state index contributed by atoms with van der Waals surface area (Å²) in [5.41, 5.74) is 2.10. The largest absolute Gasteiger partial charge is 0.497 e. The highest BCUT2D eigenvalue weighted by molar-refractivity contribution is 7.22. The standard InChI is InChI=1S/C20H22N4O2S/c1-21-20(25)14-7-9-24(10-8-14)19-18-16(22-12-23-19)11-17(27-18)13-3-5-15(26-2)6-4-13/h3-6,11-12,14H,7-10H2,1-2H3,(H,21,25). The van der Waals surface area contributed by atoms with Gasteiger partial charge in [-0.05, 0) is 48.7 Å². The fraction of sp³-hybridized carbons (Fsp3) is 0.350. The monoisotopic (exact) mass is 382 g/mol. The van der Waals surface area contributed by atoms with Gasteiger partial charge in [-0.3, -0.25) is 4.79 Å². The first-order valence-corrected chi connectivity index (χ1v) is 9.86. The highest BCUT2D eigenvalue weighted by Gasteiger charge is 2.26. The molecule has 27 heavy (non-hydrogen) atoms. The second-order valence-corrected chi connectivity index (χ2v) is 7.68. The smallest absolute Gasteiger partial charge is 0.222 e. The highest BCUT2D eigenvalue weighted by Crippen LogP contribution is 2.38. The fourth-order valence-electron chi connectivity index (χ4n) is 3.52. The number of hydrogen-bond donors (Lipinski definition) is 1. The van der Waals surface area contributed by atoms with Crippen LogP contribution in [0.25, 0.3) is 20.7 Å². The number of anilines is 1. The molecule has 0 radical (unpaired) electrons. The summed E-state index contributed by atoms with van der Waals surface area (Å²) < 4.78 is 6.34. The average molecular weight is 382 g/mol. The first-order valence-electron chi connectivity index (χ1n) is 9.05. The predicted molar refractivity (Wildman–Crippen MR) is 108 cm³/mol. The molecule has 1 aliphatic heterocycles. The molecule has 7 heteroatoms. The third kappa shape index (κ3) is 3.47. The maximum atomic E-state index is 11.9. The van der Waals surface area contributed by atoms with Crippen LogP contribution in [0.2, 0.25) is 0 Å². The van der Waals surface area contributed by atoms with E-state index in [2.05, 4.69) is 38.4 Å². The zero-order chi connectivity index (χ0) is 18.8. The Bertz CT molecular complexity index is 946. The molecular weight excluding hydrogens is 360 g/mol. The number of piperidine rings is 1. The Morgan fingerprint density at radius 3 is 2.63 bits per heavy atom. The highest BCUT2D eigenvalue weighted by atomic mass is 32.1. The summed E-state index contributed by atoms with van der Waals surface area (Å²) in [5.74, 6) is 2.06. The second-order valence-electron chi connectivity index (χ2n) is 6.63. The van der Waals surface area contributed by atoms with E-state index < -0.39 is 0 Å². The number of amides is 1. The number of carbonyl (C=O) groups is 1. The molecular formula is C20H22N4O2S. The van der Waals surface area contributed by atoms with Gasteiger partial charge in [0.1, 0.15) is 17.9 Å². The van der Waals surface area contributed by atoms with Crippen molar-refractivity contribution >= 4 is 33.3 Å². The van der Waals surface area contributed by atoms with Crippen LogP contribution in [0.5, 0.6) is 5.75 Å². The minimum absolute atomic E-state index is 0.0989. The van der Waals surface area contributed by atoms with Gasteiger partial charge < -0.3 is 15.0 Å². The van der Waals surface area contributed by atoms with Crippen LogP contribution in [-0.2, 0) is 4.79 Å². The van der Waals surface area contributed by atoms with Crippen LogP contribution in [0.3, 0.4) is 0 Å². The number of nitrogens with zero attached hydrogens (tertiary/aromatic N) is 3. The summed E-state index contributed by atoms with van der Waals surface area (Å²) in [6, 6.07) is 10.2. The molecule has 0 unspecified atom stereocenters. The van der Waals surface area contributed by atoms with Crippen LogP contribution >= 0.6 is 11.3 Å². The quantitative estimate of drug-likeness (QED) is 0.750. The van der Waals surface area contributed by atoms with Crippen LogP contribution < -0.4 is 15.0 Å². The lowest BCUT2D eigenvalue weighted by molar-refractivity contribution is -0.125. The molecule has 140 valence electrons. The molecule has 0 aliphatic carbocycles. The van der Waals surface area contributed by atoms with Crippen molar-refractivity contribution in [2.45, 2.75) is 12.8 Å². The zero-order valence-electron chi connectivity index (χ0n) is 15.4. The molecule has 6 nitrogen and oxygen atoms in total. The molecule has 0 bridgehead atoms. The third-order valence-corrected chi connectivity index (χ3v) is 6.25. The lowest BCUT2D eigenvalue weighted by Crippen LogP contribution is -2.39. The van der Waals surface area contributed by atoms with Crippen molar-refractivity contribution in [2.75, 3.05) is 32.1 Å². The number of nitrogens with one attached hydrogen (secondary N) is 1. The number of thiophene rings is 1. The van der Waals surface area contributed by atoms with E-state index in [1.165, 1.54) is 0 Å². The Labute approximate surface area is 162 Å². The number of ether oxygens (including phenoxy) is 1. The van der Waals surface area contributed by atoms with Gasteiger partial charge in [-0.1, -0.05) is 0 Å². The van der Waals surface area contributed by atoms with Crippen LogP contribution in [0, 0.1) is 5.92 Å². The molecule has 1 amide bonds. The normalized spacial score (nSPS) is 15.1. The second kappa shape index (κ2) is 7.52. The minimum Gasteiger partial charge on any atom is -0.497 e. The zero-order valence-corrected chi connectivity index (χ0v) is 16.3. The van der Waals surface area contributed by atoms with E-state index in [1.54, 1.807) is 31.8 Å². The Kier molecular flexibility index (Phi) is 4.94. The van der Waals surface area contributed by atoms with Gasteiger partial charge >= 0.3 is 0 Å². The van der Waals surface area contributed by atoms with E-state index in [0.717, 1.165) is 58.2 Å². The summed E-state index contributed by atoms with van der Waals surface area (Å²) in [6.45, 7) is 1.67. The van der Waals surface area contributed by atoms with E-state index >= 15 is 0 Å². The summed E-state index contributed by atoms with van der Waals surface area (Å²) in [5, 5.41) is 2.76. The van der Waals surface area contributed by atoms with Gasteiger partial charge in [-0.15, -0.1) is 11.3 Å². The maximum Gasteiger partial charge on any atom is 0.222 e. The van der Waals surface area contributed by atoms with Gasteiger partial charge in [0.2, 0.25) is 5.91 Å². The molecule has 0 spiro atoms. The van der Waals surface area contributed by atoms with Gasteiger partial charge in [0.05, 0.1) is 17.3 Å². The number of aromatic nitrogens is 2. The Morgan fingerprint density at radius 2 is 1.96 bits per heavy atom. The summed E-state index contributed by atoms with van der Waals surface area (Å²) in [4.78, 5) is 24.3. The Hall–Kier alpha value is -2.67. The van der Waals surface area contributed by atoms with Crippen LogP contribution in [0.1, 0.15) is 12.8 Å². The van der Waals surface area contributed by atoms with Crippen molar-refractivity contribution < 1.29 is 9.53 Å². The third-order valence-electron chi connectivity index (χ3n) is 5.08. The fourth-order valence-corrected chi connectivity index (χ4v) is 4.66. The first kappa shape index (κ1) is 17.7. The van der Waals surface area contributed by atoms with Gasteiger partial charge in [-0.2, -0.15) is 0 Å². The van der Waals surface area contributed by atoms with Gasteiger partial charge in [0.15, 0.2) is 0 Å². The molecule has 3 aromatic rings. The van der Waals surface area contributed by atoms with E-state index in [9.17, 15) is 4.79 Å². The number of hydrogen-bond acceptors (Lipinski definition) is 6. The topological polar surface area (TPSA) is 67.4 Å². The molecule has 1 aromatic carbocycles. The van der Waals surface area contributed by atoms with Crippen molar-refractivity contribution in [1.29, 1.82) is 0 Å². The van der Waals surface area contributed by atoms with E-state index in [0.29, 0.717) is 0 Å². The van der Waals surface area contributed by atoms with Crippen molar-refractivity contribution in [3.8, 4) is 16.2 Å². The molecule has 1 fully saturated rings. The van der Waals surface area contributed by atoms with Crippen LogP contribution in [0.4, 0.5) is 5.82 Å². The van der Waals surface area contributed by atoms with Crippen LogP contribution in [-0.4, -0.2) is 43.1 Å². The summed E-state index contributed by atoms with van der Waals surface area (Å²) >= 11 is 1.71.